The molecule has 1 rings (SSSR count). The van der Waals surface area contributed by atoms with Crippen molar-refractivity contribution in [2.45, 2.75) is 276 Å². The van der Waals surface area contributed by atoms with E-state index in [1.54, 1.807) is 0 Å². The summed E-state index contributed by atoms with van der Waals surface area (Å²) in [4.78, 5) is 51.0. The van der Waals surface area contributed by atoms with E-state index in [-0.39, 0.29) is 25.9 Å². The minimum Gasteiger partial charge on any atom is -0.479 e. The minimum atomic E-state index is -1.91. The van der Waals surface area contributed by atoms with Gasteiger partial charge in [0.25, 0.3) is 0 Å². The summed E-state index contributed by atoms with van der Waals surface area (Å²) in [5.74, 6) is -3.15. The molecule has 1 heterocycles. The monoisotopic (exact) mass is 1030 g/mol. The van der Waals surface area contributed by atoms with Gasteiger partial charge in [-0.25, -0.2) is 4.79 Å². The average Bonchev–Trinajstić information content (AvgIpc) is 3.37. The van der Waals surface area contributed by atoms with E-state index in [2.05, 4.69) is 93.7 Å². The van der Waals surface area contributed by atoms with E-state index in [0.717, 1.165) is 135 Å². The van der Waals surface area contributed by atoms with Crippen LogP contribution in [0.15, 0.2) is 72.9 Å². The first-order chi connectivity index (χ1) is 35.6. The van der Waals surface area contributed by atoms with Crippen LogP contribution in [0.25, 0.3) is 0 Å². The zero-order valence-corrected chi connectivity index (χ0v) is 45.9. The molecule has 0 radical (unpaired) electrons. The van der Waals surface area contributed by atoms with Gasteiger partial charge >= 0.3 is 23.9 Å². The van der Waals surface area contributed by atoms with Crippen molar-refractivity contribution in [2.75, 3.05) is 13.2 Å². The third kappa shape index (κ3) is 39.3. The molecule has 0 spiro atoms. The number of esters is 3. The molecule has 0 aromatic heterocycles. The van der Waals surface area contributed by atoms with Crippen LogP contribution in [0.2, 0.25) is 0 Å². The summed E-state index contributed by atoms with van der Waals surface area (Å²) < 4.78 is 28.4. The van der Waals surface area contributed by atoms with Gasteiger partial charge in [0.05, 0.1) is 6.61 Å². The highest BCUT2D eigenvalue weighted by molar-refractivity contribution is 5.74. The lowest BCUT2D eigenvalue weighted by Crippen LogP contribution is -2.61. The molecular weight excluding hydrogens is 925 g/mol. The van der Waals surface area contributed by atoms with Crippen molar-refractivity contribution in [1.29, 1.82) is 0 Å². The number of carbonyl (C=O) groups excluding carboxylic acids is 3. The Morgan fingerprint density at radius 3 is 1.32 bits per heavy atom. The van der Waals surface area contributed by atoms with Gasteiger partial charge < -0.3 is 39.0 Å². The van der Waals surface area contributed by atoms with Gasteiger partial charge in [0.2, 0.25) is 0 Å². The number of aliphatic carboxylic acids is 1. The minimum absolute atomic E-state index is 0.0465. The summed E-state index contributed by atoms with van der Waals surface area (Å²) in [7, 11) is 0. The van der Waals surface area contributed by atoms with Crippen molar-refractivity contribution in [2.24, 2.45) is 0 Å². The van der Waals surface area contributed by atoms with Gasteiger partial charge in [-0.2, -0.15) is 0 Å². The van der Waals surface area contributed by atoms with Crippen LogP contribution < -0.4 is 0 Å². The van der Waals surface area contributed by atoms with Gasteiger partial charge in [-0.1, -0.05) is 209 Å². The molecule has 1 saturated heterocycles. The zero-order valence-electron chi connectivity index (χ0n) is 45.9. The maximum absolute atomic E-state index is 13.1. The Hall–Kier alpha value is -3.84. The first-order valence-corrected chi connectivity index (χ1v) is 28.9. The molecule has 0 aromatic carbocycles. The van der Waals surface area contributed by atoms with Crippen molar-refractivity contribution in [3.8, 4) is 0 Å². The Morgan fingerprint density at radius 2 is 0.863 bits per heavy atom. The van der Waals surface area contributed by atoms with Crippen LogP contribution in [0.5, 0.6) is 0 Å². The first-order valence-electron chi connectivity index (χ1n) is 28.9. The van der Waals surface area contributed by atoms with Gasteiger partial charge in [0.15, 0.2) is 24.6 Å². The maximum atomic E-state index is 13.1. The molecule has 0 amide bonds. The molecule has 73 heavy (non-hydrogen) atoms. The molecule has 6 unspecified atom stereocenters. The highest BCUT2D eigenvalue weighted by atomic mass is 16.7. The molecule has 12 heteroatoms. The SMILES string of the molecule is CC/C=C\C/C=C\C/C=C\CCCCCCCCCC(=O)OC1C(OCC(COC(=O)CCCCCCC/C=C\C/C=C\C/C=C\CC)OC(=O)CCCCCCCCCCCCC)OC(C(=O)O)C(O)C1O. The molecule has 3 N–H and O–H groups in total. The van der Waals surface area contributed by atoms with Crippen molar-refractivity contribution in [3.05, 3.63) is 72.9 Å². The summed E-state index contributed by atoms with van der Waals surface area (Å²) in [6.45, 7) is 5.74. The molecular formula is C61H102O12. The van der Waals surface area contributed by atoms with Crippen LogP contribution in [0.4, 0.5) is 0 Å². The maximum Gasteiger partial charge on any atom is 0.335 e. The predicted molar refractivity (Wildman–Crippen MR) is 294 cm³/mol. The second kappa shape index (κ2) is 49.1. The molecule has 0 saturated carbocycles. The standard InChI is InChI=1S/C61H102O12/c1-4-7-10-13-16-19-22-24-26-27-29-31-34-37-40-43-46-49-55(64)72-59-57(66)56(65)58(60(67)68)73-61(59)70-51-52(71-54(63)48-45-42-39-36-32-21-18-15-12-9-6-3)50-69-53(62)47-44-41-38-35-33-30-28-25-23-20-17-14-11-8-5-2/h7-8,10-11,16-17,19-20,24-26,28,52,56-59,61,65-66H,4-6,9,12-15,18,21-23,27,29-51H2,1-3H3,(H,67,68)/b10-7-,11-8-,19-16-,20-17-,26-24-,28-25-. The summed E-state index contributed by atoms with van der Waals surface area (Å²) in [5.41, 5.74) is 0. The molecule has 12 nitrogen and oxygen atoms in total. The second-order valence-corrected chi connectivity index (χ2v) is 19.5. The number of ether oxygens (including phenoxy) is 5. The zero-order chi connectivity index (χ0) is 53.3. The molecule has 418 valence electrons. The fourth-order valence-corrected chi connectivity index (χ4v) is 8.40. The fraction of sp³-hybridized carbons (Fsp3) is 0.738. The highest BCUT2D eigenvalue weighted by Crippen LogP contribution is 2.26. The predicted octanol–water partition coefficient (Wildman–Crippen LogP) is 14.6. The normalized spacial score (nSPS) is 18.8. The average molecular weight is 1030 g/mol. The smallest absolute Gasteiger partial charge is 0.335 e. The molecule has 6 atom stereocenters. The van der Waals surface area contributed by atoms with E-state index >= 15 is 0 Å². The number of unbranched alkanes of at least 4 members (excludes halogenated alkanes) is 22. The van der Waals surface area contributed by atoms with Gasteiger partial charge in [0.1, 0.15) is 18.8 Å². The molecule has 0 bridgehead atoms. The Labute approximate surface area is 442 Å². The number of carboxylic acids is 1. The molecule has 0 aliphatic carbocycles. The molecule has 1 aliphatic rings. The van der Waals surface area contributed by atoms with Crippen molar-refractivity contribution in [1.82, 2.24) is 0 Å². The first kappa shape index (κ1) is 67.2. The van der Waals surface area contributed by atoms with E-state index < -0.39 is 67.3 Å². The van der Waals surface area contributed by atoms with E-state index in [1.165, 1.54) is 44.9 Å². The van der Waals surface area contributed by atoms with E-state index in [1.807, 2.05) is 0 Å². The van der Waals surface area contributed by atoms with Crippen LogP contribution in [0.1, 0.15) is 239 Å². The molecule has 1 aliphatic heterocycles. The summed E-state index contributed by atoms with van der Waals surface area (Å²) in [6, 6.07) is 0. The number of aliphatic hydroxyl groups excluding tert-OH is 2. The van der Waals surface area contributed by atoms with Crippen LogP contribution in [-0.4, -0.2) is 89.2 Å². The van der Waals surface area contributed by atoms with Crippen LogP contribution in [-0.2, 0) is 42.9 Å². The third-order valence-corrected chi connectivity index (χ3v) is 12.8. The van der Waals surface area contributed by atoms with Crippen molar-refractivity contribution in [3.63, 3.8) is 0 Å². The van der Waals surface area contributed by atoms with Crippen LogP contribution >= 0.6 is 0 Å². The van der Waals surface area contributed by atoms with Gasteiger partial charge in [0, 0.05) is 19.3 Å². The summed E-state index contributed by atoms with van der Waals surface area (Å²) in [6.07, 6.45) is 48.7. The number of hydrogen-bond acceptors (Lipinski definition) is 11. The van der Waals surface area contributed by atoms with E-state index in [4.69, 9.17) is 23.7 Å². The van der Waals surface area contributed by atoms with E-state index in [9.17, 15) is 34.5 Å². The number of aliphatic hydroxyl groups is 2. The highest BCUT2D eigenvalue weighted by Gasteiger charge is 2.50. The summed E-state index contributed by atoms with van der Waals surface area (Å²) >= 11 is 0. The quantitative estimate of drug-likeness (QED) is 0.0228. The van der Waals surface area contributed by atoms with Crippen molar-refractivity contribution >= 4 is 23.9 Å². The number of allylic oxidation sites excluding steroid dienone is 12. The lowest BCUT2D eigenvalue weighted by atomic mass is 9.98. The number of rotatable bonds is 48. The van der Waals surface area contributed by atoms with Gasteiger partial charge in [-0.15, -0.1) is 0 Å². The van der Waals surface area contributed by atoms with Gasteiger partial charge in [-0.05, 0) is 83.5 Å². The lowest BCUT2D eigenvalue weighted by Gasteiger charge is -2.40. The topological polar surface area (TPSA) is 175 Å². The fourth-order valence-electron chi connectivity index (χ4n) is 8.40. The van der Waals surface area contributed by atoms with E-state index in [0.29, 0.717) is 19.3 Å². The van der Waals surface area contributed by atoms with Crippen molar-refractivity contribution < 1.29 is 58.2 Å². The third-order valence-electron chi connectivity index (χ3n) is 12.8. The Morgan fingerprint density at radius 1 is 0.466 bits per heavy atom. The van der Waals surface area contributed by atoms with Crippen LogP contribution in [0, 0.1) is 0 Å². The summed E-state index contributed by atoms with van der Waals surface area (Å²) in [5, 5.41) is 31.4. The largest absolute Gasteiger partial charge is 0.479 e. The Balaban J connectivity index is 2.69. The Bertz CT molecular complexity index is 1550. The molecule has 1 fully saturated rings. The number of carboxylic acid groups (broad SMARTS) is 1. The molecule has 0 aromatic rings. The van der Waals surface area contributed by atoms with Crippen LogP contribution in [0.3, 0.4) is 0 Å². The lowest BCUT2D eigenvalue weighted by molar-refractivity contribution is -0.301. The Kier molecular flexibility index (Phi) is 45.1. The number of carbonyl (C=O) groups is 4. The second-order valence-electron chi connectivity index (χ2n) is 19.5. The van der Waals surface area contributed by atoms with Gasteiger partial charge in [-0.3, -0.25) is 14.4 Å². The number of hydrogen-bond donors (Lipinski definition) is 3.